The highest BCUT2D eigenvalue weighted by Gasteiger charge is 2.14. The van der Waals surface area contributed by atoms with Crippen LogP contribution < -0.4 is 5.32 Å². The molecule has 0 radical (unpaired) electrons. The van der Waals surface area contributed by atoms with Gasteiger partial charge in [0.15, 0.2) is 0 Å². The van der Waals surface area contributed by atoms with Gasteiger partial charge in [0.25, 0.3) is 0 Å². The van der Waals surface area contributed by atoms with Crippen molar-refractivity contribution < 1.29 is 0 Å². The lowest BCUT2D eigenvalue weighted by Gasteiger charge is -2.06. The Morgan fingerprint density at radius 1 is 1.57 bits per heavy atom. The van der Waals surface area contributed by atoms with Gasteiger partial charge in [0.1, 0.15) is 0 Å². The molecule has 1 saturated heterocycles. The molecule has 1 N–H and O–H groups in total. The van der Waals surface area contributed by atoms with Crippen LogP contribution in [0.2, 0.25) is 0 Å². The van der Waals surface area contributed by atoms with E-state index in [-0.39, 0.29) is 0 Å². The summed E-state index contributed by atoms with van der Waals surface area (Å²) in [6.07, 6.45) is 3.26. The lowest BCUT2D eigenvalue weighted by Crippen LogP contribution is -2.10. The molecule has 2 nitrogen and oxygen atoms in total. The topological polar surface area (TPSA) is 24.9 Å². The van der Waals surface area contributed by atoms with Gasteiger partial charge in [-0.3, -0.25) is 0 Å². The first-order chi connectivity index (χ1) is 6.84. The third-order valence-corrected chi connectivity index (χ3v) is 3.69. The average molecular weight is 208 g/mol. The molecule has 14 heavy (non-hydrogen) atoms. The maximum atomic E-state index is 4.38. The van der Waals surface area contributed by atoms with Gasteiger partial charge in [-0.2, -0.15) is 0 Å². The Morgan fingerprint density at radius 3 is 3.14 bits per heavy atom. The molecule has 0 aromatic carbocycles. The highest BCUT2D eigenvalue weighted by Crippen LogP contribution is 2.21. The van der Waals surface area contributed by atoms with Gasteiger partial charge in [-0.05, 0) is 44.0 Å². The van der Waals surface area contributed by atoms with Crippen LogP contribution >= 0.6 is 11.8 Å². The zero-order chi connectivity index (χ0) is 9.80. The van der Waals surface area contributed by atoms with Crippen molar-refractivity contribution in [3.63, 3.8) is 0 Å². The molecule has 1 atom stereocenters. The number of pyridine rings is 1. The summed E-state index contributed by atoms with van der Waals surface area (Å²) in [6.45, 7) is 4.44. The van der Waals surface area contributed by atoms with Crippen LogP contribution in [0, 0.1) is 12.8 Å². The first-order valence-electron chi connectivity index (χ1n) is 5.11. The highest BCUT2D eigenvalue weighted by molar-refractivity contribution is 7.99. The minimum atomic E-state index is 0.836. The van der Waals surface area contributed by atoms with Crippen LogP contribution in [0.15, 0.2) is 23.4 Å². The van der Waals surface area contributed by atoms with Gasteiger partial charge in [-0.1, -0.05) is 6.07 Å². The lowest BCUT2D eigenvalue weighted by atomic mass is 10.2. The summed E-state index contributed by atoms with van der Waals surface area (Å²) >= 11 is 1.88. The van der Waals surface area contributed by atoms with Crippen LogP contribution in [0.25, 0.3) is 0 Å². The van der Waals surface area contributed by atoms with Crippen LogP contribution in [0.1, 0.15) is 12.0 Å². The number of hydrogen-bond donors (Lipinski definition) is 1. The van der Waals surface area contributed by atoms with Crippen molar-refractivity contribution in [2.45, 2.75) is 18.4 Å². The molecule has 0 amide bonds. The molecule has 1 aliphatic rings. The molecule has 2 rings (SSSR count). The number of thioether (sulfide) groups is 1. The number of nitrogens with one attached hydrogen (secondary N) is 1. The predicted octanol–water partition coefficient (Wildman–Crippen LogP) is 2.09. The molecular weight excluding hydrogens is 192 g/mol. The molecule has 0 aliphatic carbocycles. The Morgan fingerprint density at radius 2 is 2.50 bits per heavy atom. The number of rotatable bonds is 3. The molecule has 1 aromatic heterocycles. The molecule has 3 heteroatoms. The quantitative estimate of drug-likeness (QED) is 0.770. The molecular formula is C11H16N2S. The van der Waals surface area contributed by atoms with Gasteiger partial charge < -0.3 is 5.32 Å². The summed E-state index contributed by atoms with van der Waals surface area (Å²) < 4.78 is 0. The Hall–Kier alpha value is -0.540. The largest absolute Gasteiger partial charge is 0.316 e. The zero-order valence-corrected chi connectivity index (χ0v) is 9.31. The number of aryl methyl sites for hydroxylation is 1. The standard InChI is InChI=1S/C11H16N2S/c1-9-2-3-11(13-6-9)14-8-10-4-5-12-7-10/h2-3,6,10,12H,4-5,7-8H2,1H3/t10-/m1/s1. The summed E-state index contributed by atoms with van der Waals surface area (Å²) in [4.78, 5) is 4.38. The first kappa shape index (κ1) is 9.99. The van der Waals surface area contributed by atoms with Crippen LogP contribution in [-0.2, 0) is 0 Å². The number of aromatic nitrogens is 1. The number of hydrogen-bond acceptors (Lipinski definition) is 3. The van der Waals surface area contributed by atoms with E-state index >= 15 is 0 Å². The van der Waals surface area contributed by atoms with E-state index in [0.717, 1.165) is 10.9 Å². The van der Waals surface area contributed by atoms with Crippen LogP contribution in [0.5, 0.6) is 0 Å². The van der Waals surface area contributed by atoms with E-state index in [2.05, 4.69) is 29.4 Å². The summed E-state index contributed by atoms with van der Waals surface area (Å²) in [7, 11) is 0. The molecule has 0 saturated carbocycles. The van der Waals surface area contributed by atoms with E-state index in [0.29, 0.717) is 0 Å². The Bertz CT molecular complexity index is 278. The maximum Gasteiger partial charge on any atom is 0.0960 e. The first-order valence-corrected chi connectivity index (χ1v) is 6.09. The van der Waals surface area contributed by atoms with Crippen molar-refractivity contribution in [3.05, 3.63) is 23.9 Å². The highest BCUT2D eigenvalue weighted by atomic mass is 32.2. The Kier molecular flexibility index (Phi) is 3.43. The minimum Gasteiger partial charge on any atom is -0.316 e. The van der Waals surface area contributed by atoms with Gasteiger partial charge in [0.05, 0.1) is 5.03 Å². The molecule has 1 aliphatic heterocycles. The molecule has 0 spiro atoms. The summed E-state index contributed by atoms with van der Waals surface area (Å²) in [5.41, 5.74) is 1.23. The van der Waals surface area contributed by atoms with Gasteiger partial charge in [-0.15, -0.1) is 11.8 Å². The normalized spacial score (nSPS) is 21.4. The van der Waals surface area contributed by atoms with Crippen molar-refractivity contribution in [3.8, 4) is 0 Å². The SMILES string of the molecule is Cc1ccc(SC[C@@H]2CCNC2)nc1. The van der Waals surface area contributed by atoms with E-state index in [1.807, 2.05) is 18.0 Å². The summed E-state index contributed by atoms with van der Waals surface area (Å²) in [5.74, 6) is 2.03. The van der Waals surface area contributed by atoms with Crippen LogP contribution in [-0.4, -0.2) is 23.8 Å². The molecule has 1 aromatic rings. The van der Waals surface area contributed by atoms with Gasteiger partial charge >= 0.3 is 0 Å². The van der Waals surface area contributed by atoms with Gasteiger partial charge in [0, 0.05) is 11.9 Å². The third-order valence-electron chi connectivity index (χ3n) is 2.51. The van der Waals surface area contributed by atoms with E-state index in [9.17, 15) is 0 Å². The second kappa shape index (κ2) is 4.80. The minimum absolute atomic E-state index is 0.836. The van der Waals surface area contributed by atoms with Crippen LogP contribution in [0.3, 0.4) is 0 Å². The second-order valence-corrected chi connectivity index (χ2v) is 4.88. The van der Waals surface area contributed by atoms with Gasteiger partial charge in [0.2, 0.25) is 0 Å². The maximum absolute atomic E-state index is 4.38. The van der Waals surface area contributed by atoms with Crippen LogP contribution in [0.4, 0.5) is 0 Å². The molecule has 1 fully saturated rings. The van der Waals surface area contributed by atoms with Crippen molar-refractivity contribution in [2.24, 2.45) is 5.92 Å². The van der Waals surface area contributed by atoms with Crippen molar-refractivity contribution >= 4 is 11.8 Å². The molecule has 76 valence electrons. The number of nitrogens with zero attached hydrogens (tertiary/aromatic N) is 1. The average Bonchev–Trinajstić information content (AvgIpc) is 2.70. The summed E-state index contributed by atoms with van der Waals surface area (Å²) in [5, 5.41) is 4.54. The van der Waals surface area contributed by atoms with E-state index < -0.39 is 0 Å². The lowest BCUT2D eigenvalue weighted by molar-refractivity contribution is 0.662. The monoisotopic (exact) mass is 208 g/mol. The molecule has 2 heterocycles. The Balaban J connectivity index is 1.82. The predicted molar refractivity (Wildman–Crippen MR) is 60.7 cm³/mol. The fourth-order valence-corrected chi connectivity index (χ4v) is 2.58. The second-order valence-electron chi connectivity index (χ2n) is 3.84. The van der Waals surface area contributed by atoms with Crippen molar-refractivity contribution in [1.82, 2.24) is 10.3 Å². The Labute approximate surface area is 89.5 Å². The fraction of sp³-hybridized carbons (Fsp3) is 0.545. The van der Waals surface area contributed by atoms with E-state index in [1.54, 1.807) is 0 Å². The summed E-state index contributed by atoms with van der Waals surface area (Å²) in [6, 6.07) is 4.24. The van der Waals surface area contributed by atoms with E-state index in [4.69, 9.17) is 0 Å². The zero-order valence-electron chi connectivity index (χ0n) is 8.49. The van der Waals surface area contributed by atoms with Gasteiger partial charge in [-0.25, -0.2) is 4.98 Å². The smallest absolute Gasteiger partial charge is 0.0960 e. The third kappa shape index (κ3) is 2.72. The van der Waals surface area contributed by atoms with Crippen molar-refractivity contribution in [2.75, 3.05) is 18.8 Å². The van der Waals surface area contributed by atoms with Crippen molar-refractivity contribution in [1.29, 1.82) is 0 Å². The molecule has 0 bridgehead atoms. The fourth-order valence-electron chi connectivity index (χ4n) is 1.60. The van der Waals surface area contributed by atoms with E-state index in [1.165, 1.54) is 30.8 Å². The molecule has 0 unspecified atom stereocenters.